The first-order valence-corrected chi connectivity index (χ1v) is 13.6. The van der Waals surface area contributed by atoms with Gasteiger partial charge in [-0.15, -0.1) is 5.10 Å². The molecule has 0 aliphatic heterocycles. The lowest BCUT2D eigenvalue weighted by Crippen LogP contribution is -2.34. The molecule has 1 heterocycles. The van der Waals surface area contributed by atoms with Gasteiger partial charge in [-0.1, -0.05) is 51.1 Å². The zero-order valence-corrected chi connectivity index (χ0v) is 23.9. The standard InChI is InChI=1S/C28H28BrN5O3S/c1-28(2,3)20-12-10-19(11-13-20)26-32-33-27(34(26)21-8-6-5-7-9-21)38-17-24(35)31-30-16-18-14-22(29)25(36)23(15-18)37-4/h5-16H,17H2,1-4H3,(H2,30,31,35,36)/p+1. The van der Waals surface area contributed by atoms with Crippen molar-refractivity contribution in [2.45, 2.75) is 31.3 Å². The average molecular weight is 596 g/mol. The van der Waals surface area contributed by atoms with E-state index in [4.69, 9.17) is 4.74 Å². The number of phenolic OH excluding ortho intramolecular Hbond substituents is 1. The van der Waals surface area contributed by atoms with E-state index in [1.807, 2.05) is 34.9 Å². The number of carbonyl (C=O) groups is 1. The number of halogens is 1. The van der Waals surface area contributed by atoms with E-state index in [1.165, 1.54) is 30.6 Å². The van der Waals surface area contributed by atoms with Crippen LogP contribution in [0.5, 0.6) is 11.5 Å². The van der Waals surface area contributed by atoms with Gasteiger partial charge in [-0.2, -0.15) is 9.67 Å². The minimum atomic E-state index is -0.283. The Morgan fingerprint density at radius 1 is 1.18 bits per heavy atom. The van der Waals surface area contributed by atoms with Crippen LogP contribution >= 0.6 is 27.7 Å². The van der Waals surface area contributed by atoms with E-state index >= 15 is 0 Å². The van der Waals surface area contributed by atoms with Gasteiger partial charge in [-0.3, -0.25) is 4.79 Å². The first-order chi connectivity index (χ1) is 18.2. The van der Waals surface area contributed by atoms with Crippen LogP contribution in [0.2, 0.25) is 0 Å². The number of nitrogens with one attached hydrogen (secondary N) is 2. The molecule has 0 saturated heterocycles. The molecule has 3 aromatic carbocycles. The van der Waals surface area contributed by atoms with E-state index in [0.717, 1.165) is 17.1 Å². The zero-order valence-electron chi connectivity index (χ0n) is 21.5. The van der Waals surface area contributed by atoms with Crippen molar-refractivity contribution in [2.24, 2.45) is 5.10 Å². The molecular formula is C28H29BrN5O3S+. The van der Waals surface area contributed by atoms with E-state index in [0.29, 0.717) is 20.9 Å². The van der Waals surface area contributed by atoms with Gasteiger partial charge in [0.1, 0.15) is 5.69 Å². The largest absolute Gasteiger partial charge is 0.503 e. The Morgan fingerprint density at radius 2 is 1.89 bits per heavy atom. The third kappa shape index (κ3) is 6.43. The molecule has 3 N–H and O–H groups in total. The number of thioether (sulfide) groups is 1. The topological polar surface area (TPSA) is 103 Å². The number of methoxy groups -OCH3 is 1. The summed E-state index contributed by atoms with van der Waals surface area (Å²) in [5, 5.41) is 22.3. The molecule has 1 amide bonds. The molecule has 0 aliphatic carbocycles. The molecule has 0 fully saturated rings. The molecule has 0 unspecified atom stereocenters. The summed E-state index contributed by atoms with van der Waals surface area (Å²) in [5.74, 6) is 0.954. The van der Waals surface area contributed by atoms with Crippen LogP contribution in [0, 0.1) is 0 Å². The molecule has 0 saturated carbocycles. The fourth-order valence-corrected chi connectivity index (χ4v) is 4.92. The number of amides is 1. The third-order valence-corrected chi connectivity index (χ3v) is 7.26. The molecule has 0 radical (unpaired) electrons. The van der Waals surface area contributed by atoms with Crippen molar-refractivity contribution in [1.82, 2.24) is 15.6 Å². The monoisotopic (exact) mass is 594 g/mol. The van der Waals surface area contributed by atoms with E-state index in [2.05, 4.69) is 81.7 Å². The number of carbonyl (C=O) groups excluding carboxylic acids is 1. The number of nitrogens with zero attached hydrogens (tertiary/aromatic N) is 3. The van der Waals surface area contributed by atoms with Crippen molar-refractivity contribution in [3.8, 4) is 28.6 Å². The number of aromatic hydroxyl groups is 1. The summed E-state index contributed by atoms with van der Waals surface area (Å²) in [6, 6.07) is 21.6. The molecule has 0 atom stereocenters. The number of benzene rings is 3. The first kappa shape index (κ1) is 27.4. The highest BCUT2D eigenvalue weighted by molar-refractivity contribution is 9.10. The van der Waals surface area contributed by atoms with Gasteiger partial charge >= 0.3 is 5.16 Å². The first-order valence-electron chi connectivity index (χ1n) is 11.9. The van der Waals surface area contributed by atoms with Crippen LogP contribution < -0.4 is 14.7 Å². The second-order valence-corrected chi connectivity index (χ2v) is 11.3. The molecular weight excluding hydrogens is 566 g/mol. The highest BCUT2D eigenvalue weighted by Gasteiger charge is 2.25. The van der Waals surface area contributed by atoms with E-state index in [1.54, 1.807) is 12.1 Å². The lowest BCUT2D eigenvalue weighted by Gasteiger charge is -2.18. The summed E-state index contributed by atoms with van der Waals surface area (Å²) in [4.78, 5) is 12.5. The van der Waals surface area contributed by atoms with Crippen LogP contribution in [0.4, 0.5) is 0 Å². The zero-order chi connectivity index (χ0) is 27.3. The summed E-state index contributed by atoms with van der Waals surface area (Å²) >= 11 is 4.58. The molecule has 196 valence electrons. The Kier molecular flexibility index (Phi) is 8.53. The molecule has 4 aromatic rings. The molecule has 0 bridgehead atoms. The van der Waals surface area contributed by atoms with Gasteiger partial charge in [0.05, 0.1) is 34.2 Å². The fraction of sp³-hybridized carbons (Fsp3) is 0.214. The van der Waals surface area contributed by atoms with Gasteiger partial charge < -0.3 is 9.84 Å². The van der Waals surface area contributed by atoms with Crippen LogP contribution in [-0.4, -0.2) is 40.3 Å². The summed E-state index contributed by atoms with van der Waals surface area (Å²) in [5.41, 5.74) is 6.42. The number of para-hydroxylation sites is 1. The molecule has 1 aromatic heterocycles. The van der Waals surface area contributed by atoms with E-state index in [-0.39, 0.29) is 22.8 Å². The summed E-state index contributed by atoms with van der Waals surface area (Å²) in [6.45, 7) is 6.56. The van der Waals surface area contributed by atoms with Crippen LogP contribution in [0.25, 0.3) is 17.1 Å². The number of aromatic nitrogens is 3. The van der Waals surface area contributed by atoms with Crippen LogP contribution in [0.1, 0.15) is 31.9 Å². The average Bonchev–Trinajstić information content (AvgIpc) is 3.33. The van der Waals surface area contributed by atoms with Crippen molar-refractivity contribution in [2.75, 3.05) is 12.9 Å². The van der Waals surface area contributed by atoms with Crippen molar-refractivity contribution >= 4 is 39.8 Å². The maximum absolute atomic E-state index is 12.5. The quantitative estimate of drug-likeness (QED) is 0.110. The lowest BCUT2D eigenvalue weighted by atomic mass is 9.87. The van der Waals surface area contributed by atoms with Crippen molar-refractivity contribution in [1.29, 1.82) is 0 Å². The lowest BCUT2D eigenvalue weighted by molar-refractivity contribution is -0.625. The van der Waals surface area contributed by atoms with Crippen LogP contribution in [-0.2, 0) is 10.2 Å². The highest BCUT2D eigenvalue weighted by atomic mass is 79.9. The minimum Gasteiger partial charge on any atom is -0.503 e. The molecule has 8 nitrogen and oxygen atoms in total. The van der Waals surface area contributed by atoms with Crippen LogP contribution in [0.15, 0.2) is 81.5 Å². The Morgan fingerprint density at radius 3 is 2.55 bits per heavy atom. The van der Waals surface area contributed by atoms with Gasteiger partial charge in [-0.25, -0.2) is 5.43 Å². The number of ether oxygens (including phenoxy) is 1. The molecule has 38 heavy (non-hydrogen) atoms. The normalized spacial score (nSPS) is 11.6. The molecule has 4 rings (SSSR count). The molecule has 10 heteroatoms. The van der Waals surface area contributed by atoms with Crippen LogP contribution in [0.3, 0.4) is 0 Å². The number of hydrazone groups is 1. The number of aromatic amines is 1. The van der Waals surface area contributed by atoms with Gasteiger partial charge in [-0.05, 0) is 80.6 Å². The van der Waals surface area contributed by atoms with Crippen molar-refractivity contribution < 1.29 is 19.2 Å². The van der Waals surface area contributed by atoms with E-state index in [9.17, 15) is 9.90 Å². The highest BCUT2D eigenvalue weighted by Crippen LogP contribution is 2.34. The van der Waals surface area contributed by atoms with E-state index < -0.39 is 0 Å². The second kappa shape index (κ2) is 11.8. The predicted octanol–water partition coefficient (Wildman–Crippen LogP) is 5.37. The van der Waals surface area contributed by atoms with Gasteiger partial charge in [0.15, 0.2) is 11.5 Å². The maximum Gasteiger partial charge on any atom is 0.342 e. The summed E-state index contributed by atoms with van der Waals surface area (Å²) < 4.78 is 7.61. The Labute approximate surface area is 234 Å². The number of hydrogen-bond acceptors (Lipinski definition) is 6. The molecule has 0 aliphatic rings. The SMILES string of the molecule is COc1cc(/C=N/NC(=O)CSc2n[nH]c(-c3ccc(C(C)(C)C)cc3)[n+]2-c2ccccc2)cc(Br)c1O. The van der Waals surface area contributed by atoms with Gasteiger partial charge in [0.2, 0.25) is 0 Å². The number of H-pyrrole nitrogens is 1. The second-order valence-electron chi connectivity index (χ2n) is 9.49. The third-order valence-electron chi connectivity index (χ3n) is 5.72. The minimum absolute atomic E-state index is 0.000299. The van der Waals surface area contributed by atoms with Gasteiger partial charge in [0, 0.05) is 0 Å². The summed E-state index contributed by atoms with van der Waals surface area (Å²) in [7, 11) is 1.46. The fourth-order valence-electron chi connectivity index (χ4n) is 3.70. The number of hydrogen-bond donors (Lipinski definition) is 3. The Balaban J connectivity index is 1.50. The number of rotatable bonds is 8. The summed E-state index contributed by atoms with van der Waals surface area (Å²) in [6.07, 6.45) is 1.48. The Hall–Kier alpha value is -3.63. The Bertz CT molecular complexity index is 1450. The molecule has 0 spiro atoms. The maximum atomic E-state index is 12.5. The smallest absolute Gasteiger partial charge is 0.342 e. The van der Waals surface area contributed by atoms with Crippen molar-refractivity contribution in [3.05, 3.63) is 82.3 Å². The van der Waals surface area contributed by atoms with Crippen molar-refractivity contribution in [3.63, 3.8) is 0 Å². The number of phenols is 1. The predicted molar refractivity (Wildman–Crippen MR) is 153 cm³/mol. The van der Waals surface area contributed by atoms with Gasteiger partial charge in [0.25, 0.3) is 11.7 Å².